The van der Waals surface area contributed by atoms with Crippen LogP contribution in [0.4, 0.5) is 5.69 Å². The normalized spacial score (nSPS) is 15.3. The fraction of sp³-hybridized carbons (Fsp3) is 0.421. The van der Waals surface area contributed by atoms with Crippen molar-refractivity contribution in [3.05, 3.63) is 45.4 Å². The number of anilines is 1. The maximum Gasteiger partial charge on any atom is 0.251 e. The Hall–Kier alpha value is -2.21. The fourth-order valence-corrected chi connectivity index (χ4v) is 3.83. The van der Waals surface area contributed by atoms with E-state index in [1.165, 1.54) is 0 Å². The van der Waals surface area contributed by atoms with Gasteiger partial charge in [-0.3, -0.25) is 9.59 Å². The number of carbonyl (C=O) groups is 2. The van der Waals surface area contributed by atoms with Crippen LogP contribution in [0.25, 0.3) is 0 Å². The maximum atomic E-state index is 12.4. The molecule has 0 bridgehead atoms. The molecule has 1 aliphatic rings. The molecule has 1 aliphatic carbocycles. The van der Waals surface area contributed by atoms with E-state index >= 15 is 0 Å². The van der Waals surface area contributed by atoms with Crippen LogP contribution >= 0.6 is 11.3 Å². The van der Waals surface area contributed by atoms with Gasteiger partial charge in [0.1, 0.15) is 0 Å². The molecule has 2 aromatic rings. The molecule has 1 aromatic heterocycles. The quantitative estimate of drug-likeness (QED) is 0.850. The molecule has 5 nitrogen and oxygen atoms in total. The monoisotopic (exact) mass is 357 g/mol. The highest BCUT2D eigenvalue weighted by Crippen LogP contribution is 2.27. The average Bonchev–Trinajstić information content (AvgIpc) is 2.84. The Bertz CT molecular complexity index is 778. The number of hydrogen-bond acceptors (Lipinski definition) is 4. The van der Waals surface area contributed by atoms with Crippen LogP contribution in [-0.4, -0.2) is 16.8 Å². The summed E-state index contributed by atoms with van der Waals surface area (Å²) in [7, 11) is 0. The standard InChI is InChI=1S/C19H23N3O2S/c1-11(17-12(2)25-13(3)21-17)20-18(23)15-7-9-16(10-8-15)22-19(24)14-5-4-6-14/h7-11,14H,4-6H2,1-3H3,(H,20,23)(H,22,24)/t11-/m1/s1. The lowest BCUT2D eigenvalue weighted by atomic mass is 9.85. The van der Waals surface area contributed by atoms with Gasteiger partial charge >= 0.3 is 0 Å². The summed E-state index contributed by atoms with van der Waals surface area (Å²) < 4.78 is 0. The summed E-state index contributed by atoms with van der Waals surface area (Å²) in [4.78, 5) is 30.0. The lowest BCUT2D eigenvalue weighted by molar-refractivity contribution is -0.122. The third kappa shape index (κ3) is 4.07. The number of rotatable bonds is 5. The number of hydrogen-bond donors (Lipinski definition) is 2. The molecule has 2 N–H and O–H groups in total. The second kappa shape index (κ2) is 7.35. The second-order valence-corrected chi connectivity index (χ2v) is 7.97. The molecular formula is C19H23N3O2S. The molecule has 0 saturated heterocycles. The molecule has 0 unspecified atom stereocenters. The summed E-state index contributed by atoms with van der Waals surface area (Å²) in [5.41, 5.74) is 2.21. The fourth-order valence-electron chi connectivity index (χ4n) is 2.91. The van der Waals surface area contributed by atoms with Crippen molar-refractivity contribution in [3.63, 3.8) is 0 Å². The van der Waals surface area contributed by atoms with E-state index in [1.807, 2.05) is 20.8 Å². The Kier molecular flexibility index (Phi) is 5.18. The molecule has 0 aliphatic heterocycles. The Morgan fingerprint density at radius 1 is 1.20 bits per heavy atom. The summed E-state index contributed by atoms with van der Waals surface area (Å²) in [6, 6.07) is 6.87. The Balaban J connectivity index is 1.60. The summed E-state index contributed by atoms with van der Waals surface area (Å²) >= 11 is 1.63. The zero-order valence-corrected chi connectivity index (χ0v) is 15.6. The van der Waals surface area contributed by atoms with Crippen molar-refractivity contribution >= 4 is 28.8 Å². The van der Waals surface area contributed by atoms with Crippen LogP contribution in [0.2, 0.25) is 0 Å². The molecule has 132 valence electrons. The van der Waals surface area contributed by atoms with Gasteiger partial charge in [0.25, 0.3) is 5.91 Å². The van der Waals surface area contributed by atoms with Gasteiger partial charge in [-0.25, -0.2) is 4.98 Å². The number of amides is 2. The molecule has 6 heteroatoms. The van der Waals surface area contributed by atoms with Crippen molar-refractivity contribution < 1.29 is 9.59 Å². The molecule has 2 amide bonds. The van der Waals surface area contributed by atoms with E-state index in [9.17, 15) is 9.59 Å². The minimum Gasteiger partial charge on any atom is -0.344 e. The molecule has 0 spiro atoms. The molecule has 1 heterocycles. The first-order valence-electron chi connectivity index (χ1n) is 8.59. The third-order valence-electron chi connectivity index (χ3n) is 4.59. The molecule has 1 fully saturated rings. The van der Waals surface area contributed by atoms with Crippen molar-refractivity contribution in [2.75, 3.05) is 5.32 Å². The van der Waals surface area contributed by atoms with Gasteiger partial charge in [-0.1, -0.05) is 6.42 Å². The Morgan fingerprint density at radius 2 is 1.88 bits per heavy atom. The van der Waals surface area contributed by atoms with Gasteiger partial charge in [0.05, 0.1) is 16.7 Å². The molecule has 1 atom stereocenters. The third-order valence-corrected chi connectivity index (χ3v) is 5.49. The summed E-state index contributed by atoms with van der Waals surface area (Å²) in [5, 5.41) is 6.89. The smallest absolute Gasteiger partial charge is 0.251 e. The van der Waals surface area contributed by atoms with E-state index in [0.29, 0.717) is 5.56 Å². The van der Waals surface area contributed by atoms with Crippen molar-refractivity contribution in [3.8, 4) is 0 Å². The van der Waals surface area contributed by atoms with Gasteiger partial charge in [0.15, 0.2) is 0 Å². The number of nitrogens with zero attached hydrogens (tertiary/aromatic N) is 1. The highest BCUT2D eigenvalue weighted by molar-refractivity contribution is 7.11. The van der Waals surface area contributed by atoms with E-state index in [4.69, 9.17) is 0 Å². The summed E-state index contributed by atoms with van der Waals surface area (Å²) in [6.45, 7) is 5.92. The Labute approximate surface area is 151 Å². The van der Waals surface area contributed by atoms with Crippen LogP contribution < -0.4 is 10.6 Å². The SMILES string of the molecule is Cc1nc([C@@H](C)NC(=O)c2ccc(NC(=O)C3CCC3)cc2)c(C)s1. The second-order valence-electron chi connectivity index (χ2n) is 6.56. The van der Waals surface area contributed by atoms with E-state index in [-0.39, 0.29) is 23.8 Å². The van der Waals surface area contributed by atoms with E-state index in [2.05, 4.69) is 15.6 Å². The summed E-state index contributed by atoms with van der Waals surface area (Å²) in [6.07, 6.45) is 3.08. The minimum absolute atomic E-state index is 0.0754. The lowest BCUT2D eigenvalue weighted by Crippen LogP contribution is -2.28. The number of nitrogens with one attached hydrogen (secondary N) is 2. The van der Waals surface area contributed by atoms with Crippen LogP contribution in [0.15, 0.2) is 24.3 Å². The minimum atomic E-state index is -0.144. The van der Waals surface area contributed by atoms with Crippen molar-refractivity contribution in [2.45, 2.75) is 46.1 Å². The van der Waals surface area contributed by atoms with E-state index in [1.54, 1.807) is 35.6 Å². The average molecular weight is 357 g/mol. The number of aryl methyl sites for hydroxylation is 2. The highest BCUT2D eigenvalue weighted by atomic mass is 32.1. The molecule has 0 radical (unpaired) electrons. The maximum absolute atomic E-state index is 12.4. The van der Waals surface area contributed by atoms with Gasteiger partial charge in [-0.2, -0.15) is 0 Å². The van der Waals surface area contributed by atoms with Crippen LogP contribution in [0.5, 0.6) is 0 Å². The molecule has 1 saturated carbocycles. The topological polar surface area (TPSA) is 71.1 Å². The summed E-state index contributed by atoms with van der Waals surface area (Å²) in [5.74, 6) is 0.0782. The van der Waals surface area contributed by atoms with Crippen LogP contribution in [0, 0.1) is 19.8 Å². The highest BCUT2D eigenvalue weighted by Gasteiger charge is 2.25. The number of thiazole rings is 1. The number of aromatic nitrogens is 1. The first kappa shape index (κ1) is 17.6. The first-order chi connectivity index (χ1) is 11.9. The van der Waals surface area contributed by atoms with Crippen LogP contribution in [0.1, 0.15) is 58.2 Å². The van der Waals surface area contributed by atoms with Gasteiger partial charge in [0, 0.05) is 22.0 Å². The predicted molar refractivity (Wildman–Crippen MR) is 99.9 cm³/mol. The van der Waals surface area contributed by atoms with Gasteiger partial charge in [0.2, 0.25) is 5.91 Å². The Morgan fingerprint density at radius 3 is 2.40 bits per heavy atom. The van der Waals surface area contributed by atoms with Gasteiger partial charge in [-0.05, 0) is 57.9 Å². The molecule has 1 aromatic carbocycles. The van der Waals surface area contributed by atoms with Crippen molar-refractivity contribution in [1.29, 1.82) is 0 Å². The largest absolute Gasteiger partial charge is 0.344 e. The van der Waals surface area contributed by atoms with Crippen molar-refractivity contribution in [1.82, 2.24) is 10.3 Å². The van der Waals surface area contributed by atoms with Gasteiger partial charge in [-0.15, -0.1) is 11.3 Å². The zero-order valence-electron chi connectivity index (χ0n) is 14.8. The molecular weight excluding hydrogens is 334 g/mol. The van der Waals surface area contributed by atoms with E-state index in [0.717, 1.165) is 40.5 Å². The van der Waals surface area contributed by atoms with Crippen LogP contribution in [0.3, 0.4) is 0 Å². The molecule has 25 heavy (non-hydrogen) atoms. The van der Waals surface area contributed by atoms with Gasteiger partial charge < -0.3 is 10.6 Å². The number of benzene rings is 1. The van der Waals surface area contributed by atoms with E-state index < -0.39 is 0 Å². The first-order valence-corrected chi connectivity index (χ1v) is 9.41. The lowest BCUT2D eigenvalue weighted by Gasteiger charge is -2.24. The number of carbonyl (C=O) groups excluding carboxylic acids is 2. The van der Waals surface area contributed by atoms with Crippen molar-refractivity contribution in [2.24, 2.45) is 5.92 Å². The van der Waals surface area contributed by atoms with Crippen LogP contribution in [-0.2, 0) is 4.79 Å². The molecule has 3 rings (SSSR count). The zero-order chi connectivity index (χ0) is 18.0. The predicted octanol–water partition coefficient (Wildman–Crippen LogP) is 3.99.